The largest absolute Gasteiger partial charge is 0.370 e. The third-order valence-electron chi connectivity index (χ3n) is 5.91. The summed E-state index contributed by atoms with van der Waals surface area (Å²) in [6.07, 6.45) is 1.36. The minimum Gasteiger partial charge on any atom is -0.370 e. The predicted molar refractivity (Wildman–Crippen MR) is 133 cm³/mol. The quantitative estimate of drug-likeness (QED) is 0.402. The van der Waals surface area contributed by atoms with Gasteiger partial charge in [0.1, 0.15) is 18.7 Å². The number of hydrogen-bond acceptors (Lipinski definition) is 5. The van der Waals surface area contributed by atoms with Gasteiger partial charge in [-0.2, -0.15) is 0 Å². The molecule has 1 fully saturated rings. The lowest BCUT2D eigenvalue weighted by Crippen LogP contribution is -3.14. The van der Waals surface area contributed by atoms with Gasteiger partial charge in [0.2, 0.25) is 5.43 Å². The molecule has 1 aromatic heterocycles. The molecule has 0 aliphatic carbocycles. The van der Waals surface area contributed by atoms with Crippen molar-refractivity contribution < 1.29 is 22.8 Å². The molecule has 34 heavy (non-hydrogen) atoms. The lowest BCUT2D eigenvalue weighted by Gasteiger charge is -2.23. The molecule has 3 aromatic rings. The Morgan fingerprint density at radius 3 is 2.59 bits per heavy atom. The molecular weight excluding hydrogens is 524 g/mol. The fourth-order valence-electron chi connectivity index (χ4n) is 3.83. The fourth-order valence-corrected chi connectivity index (χ4v) is 5.32. The summed E-state index contributed by atoms with van der Waals surface area (Å²) in [6.45, 7) is 4.35. The van der Waals surface area contributed by atoms with Crippen molar-refractivity contribution in [1.82, 2.24) is 10.3 Å². The first kappa shape index (κ1) is 24.4. The zero-order valence-electron chi connectivity index (χ0n) is 18.6. The number of morpholine rings is 1. The van der Waals surface area contributed by atoms with Gasteiger partial charge in [-0.15, -0.1) is 0 Å². The average Bonchev–Trinajstić information content (AvgIpc) is 2.84. The number of amides is 1. The first-order valence-electron chi connectivity index (χ1n) is 10.9. The van der Waals surface area contributed by atoms with Crippen LogP contribution in [0.4, 0.5) is 5.69 Å². The van der Waals surface area contributed by atoms with Crippen molar-refractivity contribution in [2.24, 2.45) is 0 Å². The van der Waals surface area contributed by atoms with E-state index < -0.39 is 21.4 Å². The summed E-state index contributed by atoms with van der Waals surface area (Å²) < 4.78 is 33.7. The number of aromatic amines is 1. The number of carbonyl (C=O) groups is 1. The number of pyridine rings is 1. The number of carbonyl (C=O) groups excluding carboxylic acids is 1. The van der Waals surface area contributed by atoms with Crippen LogP contribution < -0.4 is 20.0 Å². The molecule has 2 aromatic carbocycles. The van der Waals surface area contributed by atoms with Crippen molar-refractivity contribution in [2.75, 3.05) is 50.7 Å². The number of H-pyrrole nitrogens is 1. The number of anilines is 1. The predicted octanol–water partition coefficient (Wildman–Crippen LogP) is 0.761. The van der Waals surface area contributed by atoms with Crippen molar-refractivity contribution >= 4 is 48.5 Å². The highest BCUT2D eigenvalue weighted by molar-refractivity contribution is 9.10. The summed E-state index contributed by atoms with van der Waals surface area (Å²) in [7, 11) is -2.47. The highest BCUT2D eigenvalue weighted by atomic mass is 79.9. The second-order valence-corrected chi connectivity index (χ2v) is 10.9. The molecule has 9 nitrogen and oxygen atoms in total. The minimum absolute atomic E-state index is 0.0376. The second kappa shape index (κ2) is 10.3. The molecule has 2 heterocycles. The van der Waals surface area contributed by atoms with E-state index in [0.717, 1.165) is 28.4 Å². The maximum Gasteiger partial charge on any atom is 0.264 e. The van der Waals surface area contributed by atoms with E-state index in [4.69, 9.17) is 4.74 Å². The molecule has 0 radical (unpaired) electrons. The third-order valence-corrected chi connectivity index (χ3v) is 8.22. The molecule has 4 rings (SSSR count). The van der Waals surface area contributed by atoms with Gasteiger partial charge < -0.3 is 19.9 Å². The Labute approximate surface area is 205 Å². The number of aromatic nitrogens is 1. The zero-order valence-corrected chi connectivity index (χ0v) is 21.0. The van der Waals surface area contributed by atoms with Gasteiger partial charge in [-0.05, 0) is 42.5 Å². The highest BCUT2D eigenvalue weighted by Gasteiger charge is 2.23. The standard InChI is InChI=1S/C23H25BrN4O5S/c1-27(17-4-2-16(24)3-5-17)34(31,32)18-6-7-21-19(14-18)22(29)20(15-26-21)23(30)25-8-9-28-10-12-33-13-11-28/h2-7,14-15H,8-13H2,1H3,(H,25,30)(H,26,29)/p+1. The van der Waals surface area contributed by atoms with E-state index in [2.05, 4.69) is 26.2 Å². The van der Waals surface area contributed by atoms with Gasteiger partial charge in [-0.25, -0.2) is 8.42 Å². The summed E-state index contributed by atoms with van der Waals surface area (Å²) in [5.41, 5.74) is 0.353. The number of nitrogens with one attached hydrogen (secondary N) is 3. The highest BCUT2D eigenvalue weighted by Crippen LogP contribution is 2.25. The Hall–Kier alpha value is -2.73. The number of quaternary nitrogens is 1. The van der Waals surface area contributed by atoms with E-state index in [-0.39, 0.29) is 15.8 Å². The molecule has 0 unspecified atom stereocenters. The Balaban J connectivity index is 1.56. The molecular formula is C23H26BrN4O5S+. The van der Waals surface area contributed by atoms with E-state index in [9.17, 15) is 18.0 Å². The second-order valence-electron chi connectivity index (χ2n) is 8.06. The smallest absolute Gasteiger partial charge is 0.264 e. The van der Waals surface area contributed by atoms with E-state index in [0.29, 0.717) is 31.0 Å². The maximum atomic E-state index is 13.2. The fraction of sp³-hybridized carbons (Fsp3) is 0.304. The van der Waals surface area contributed by atoms with E-state index in [1.54, 1.807) is 24.3 Å². The van der Waals surface area contributed by atoms with E-state index in [1.165, 1.54) is 36.3 Å². The normalized spacial score (nSPS) is 14.8. The topological polar surface area (TPSA) is 113 Å². The number of rotatable bonds is 7. The summed E-state index contributed by atoms with van der Waals surface area (Å²) in [4.78, 5) is 30.0. The van der Waals surface area contributed by atoms with Crippen molar-refractivity contribution in [3.05, 3.63) is 68.9 Å². The van der Waals surface area contributed by atoms with Crippen LogP contribution in [0.3, 0.4) is 0 Å². The molecule has 0 atom stereocenters. The van der Waals surface area contributed by atoms with Gasteiger partial charge in [0.05, 0.1) is 36.9 Å². The number of halogens is 1. The first-order chi connectivity index (χ1) is 16.3. The summed E-state index contributed by atoms with van der Waals surface area (Å²) >= 11 is 3.33. The molecule has 1 aliphatic rings. The Kier molecular flexibility index (Phi) is 7.36. The molecule has 1 amide bonds. The van der Waals surface area contributed by atoms with Crippen LogP contribution in [0, 0.1) is 0 Å². The van der Waals surface area contributed by atoms with Crippen molar-refractivity contribution in [2.45, 2.75) is 4.90 Å². The van der Waals surface area contributed by atoms with Crippen molar-refractivity contribution in [3.8, 4) is 0 Å². The number of benzene rings is 2. The van der Waals surface area contributed by atoms with Gasteiger partial charge in [0.25, 0.3) is 15.9 Å². The third kappa shape index (κ3) is 5.17. The Bertz CT molecular complexity index is 1350. The van der Waals surface area contributed by atoms with Gasteiger partial charge in [-0.3, -0.25) is 13.9 Å². The summed E-state index contributed by atoms with van der Waals surface area (Å²) in [5.74, 6) is -0.490. The maximum absolute atomic E-state index is 13.2. The SMILES string of the molecule is CN(c1ccc(Br)cc1)S(=O)(=O)c1ccc2[nH]cc(C(=O)NCC[NH+]3CCOCC3)c(=O)c2c1. The molecule has 0 spiro atoms. The molecule has 11 heteroatoms. The molecule has 180 valence electrons. The van der Waals surface area contributed by atoms with Gasteiger partial charge >= 0.3 is 0 Å². The van der Waals surface area contributed by atoms with Gasteiger partial charge in [0, 0.05) is 28.6 Å². The summed E-state index contributed by atoms with van der Waals surface area (Å²) in [6, 6.07) is 11.1. The molecule has 1 saturated heterocycles. The van der Waals surface area contributed by atoms with Crippen molar-refractivity contribution in [3.63, 3.8) is 0 Å². The van der Waals surface area contributed by atoms with E-state index >= 15 is 0 Å². The number of hydrogen-bond donors (Lipinski definition) is 3. The van der Waals surface area contributed by atoms with Crippen LogP contribution in [0.25, 0.3) is 10.9 Å². The van der Waals surface area contributed by atoms with Crippen LogP contribution >= 0.6 is 15.9 Å². The zero-order chi connectivity index (χ0) is 24.3. The van der Waals surface area contributed by atoms with Crippen LogP contribution in [0.5, 0.6) is 0 Å². The van der Waals surface area contributed by atoms with Crippen LogP contribution in [-0.2, 0) is 14.8 Å². The van der Waals surface area contributed by atoms with Gasteiger partial charge in [-0.1, -0.05) is 15.9 Å². The van der Waals surface area contributed by atoms with Crippen LogP contribution in [-0.4, -0.2) is 65.7 Å². The molecule has 1 aliphatic heterocycles. The van der Waals surface area contributed by atoms with Crippen molar-refractivity contribution in [1.29, 1.82) is 0 Å². The molecule has 0 saturated carbocycles. The number of sulfonamides is 1. The lowest BCUT2D eigenvalue weighted by molar-refractivity contribution is -0.906. The first-order valence-corrected chi connectivity index (χ1v) is 13.1. The van der Waals surface area contributed by atoms with Crippen LogP contribution in [0.2, 0.25) is 0 Å². The molecule has 0 bridgehead atoms. The Morgan fingerprint density at radius 1 is 1.18 bits per heavy atom. The average molecular weight is 550 g/mol. The number of ether oxygens (including phenoxy) is 1. The Morgan fingerprint density at radius 2 is 1.88 bits per heavy atom. The number of fused-ring (bicyclic) bond motifs is 1. The monoisotopic (exact) mass is 549 g/mol. The van der Waals surface area contributed by atoms with Crippen LogP contribution in [0.15, 0.2) is 62.8 Å². The van der Waals surface area contributed by atoms with E-state index in [1.807, 2.05) is 0 Å². The molecule has 3 N–H and O–H groups in total. The lowest BCUT2D eigenvalue weighted by atomic mass is 10.1. The van der Waals surface area contributed by atoms with Crippen LogP contribution in [0.1, 0.15) is 10.4 Å². The number of nitrogens with zero attached hydrogens (tertiary/aromatic N) is 1. The minimum atomic E-state index is -3.92. The van der Waals surface area contributed by atoms with Gasteiger partial charge in [0.15, 0.2) is 0 Å². The summed E-state index contributed by atoms with van der Waals surface area (Å²) in [5, 5.41) is 2.93.